The van der Waals surface area contributed by atoms with Gasteiger partial charge in [-0.15, -0.1) is 0 Å². The third-order valence-electron chi connectivity index (χ3n) is 1.26. The summed E-state index contributed by atoms with van der Waals surface area (Å²) in [6.07, 6.45) is -0.235. The van der Waals surface area contributed by atoms with Crippen LogP contribution in [0.2, 0.25) is 0 Å². The summed E-state index contributed by atoms with van der Waals surface area (Å²) in [5, 5.41) is 12.2. The normalized spacial score (nSPS) is 27.1. The Morgan fingerprint density at radius 3 is 2.36 bits per heavy atom. The number of methoxy groups -OCH3 is 1. The molecular weight excluding hydrogens is 328 g/mol. The van der Waals surface area contributed by atoms with Crippen molar-refractivity contribution in [2.75, 3.05) is 7.11 Å². The number of nitrogens with zero attached hydrogens (tertiary/aromatic N) is 1. The average Bonchev–Trinajstić information content (AvgIpc) is 1.79. The van der Waals surface area contributed by atoms with Gasteiger partial charge in [0.25, 0.3) is 5.97 Å². The van der Waals surface area contributed by atoms with Gasteiger partial charge >= 0.3 is 0 Å². The zero-order valence-corrected chi connectivity index (χ0v) is 9.02. The van der Waals surface area contributed by atoms with Gasteiger partial charge in [-0.25, -0.2) is 0 Å². The van der Waals surface area contributed by atoms with Crippen LogP contribution < -0.4 is 0 Å². The molecule has 2 atom stereocenters. The Labute approximate surface area is 90.6 Å². The van der Waals surface area contributed by atoms with Gasteiger partial charge in [0.15, 0.2) is 0 Å². The van der Waals surface area contributed by atoms with E-state index in [1.54, 1.807) is 0 Å². The fourth-order valence-corrected chi connectivity index (χ4v) is 0.684. The van der Waals surface area contributed by atoms with Crippen molar-refractivity contribution in [1.29, 1.82) is 0 Å². The molecule has 1 aliphatic heterocycles. The summed E-state index contributed by atoms with van der Waals surface area (Å²) in [4.78, 5) is 10.5. The van der Waals surface area contributed by atoms with Crippen molar-refractivity contribution in [1.82, 2.24) is 0 Å². The van der Waals surface area contributed by atoms with Crippen molar-refractivity contribution in [3.05, 3.63) is 5.32 Å². The van der Waals surface area contributed by atoms with Crippen LogP contribution in [0.15, 0.2) is 0 Å². The topological polar surface area (TPSA) is 60.6 Å². The van der Waals surface area contributed by atoms with E-state index in [4.69, 9.17) is 5.11 Å². The van der Waals surface area contributed by atoms with Gasteiger partial charge in [0.2, 0.25) is 0 Å². The van der Waals surface area contributed by atoms with Crippen LogP contribution in [-0.2, 0) is 48.5 Å². The van der Waals surface area contributed by atoms with Crippen LogP contribution in [0.25, 0.3) is 5.32 Å². The molecule has 1 rings (SSSR count). The molecule has 0 aromatic carbocycles. The van der Waals surface area contributed by atoms with Gasteiger partial charge in [0.1, 0.15) is 0 Å². The van der Waals surface area contributed by atoms with Crippen molar-refractivity contribution in [3.63, 3.8) is 0 Å². The maximum absolute atomic E-state index is 10.5. The molecule has 0 saturated carbocycles. The molecule has 6 heteroatoms. The first-order valence-corrected chi connectivity index (χ1v) is 2.70. The molecule has 0 aliphatic carbocycles. The number of carbonyl (C=O) groups is 1. The molecular formula is C5H8NO3Rh2-. The number of aliphatic hydroxyl groups is 1. The zero-order valence-electron chi connectivity index (χ0n) is 5.74. The molecule has 70 valence electrons. The number of rotatable bonds is 1. The van der Waals surface area contributed by atoms with E-state index < -0.39 is 12.3 Å². The summed E-state index contributed by atoms with van der Waals surface area (Å²) in [5.41, 5.74) is 0. The SMILES string of the molecule is COC(=O)[C@@H]1CC(O)[N-]1.[Rh].[Rh]. The van der Waals surface area contributed by atoms with E-state index in [9.17, 15) is 4.79 Å². The third-order valence-corrected chi connectivity index (χ3v) is 1.26. The Hall–Kier alpha value is 0.637. The predicted octanol–water partition coefficient (Wildman–Crippen LogP) is -0.381. The van der Waals surface area contributed by atoms with Gasteiger partial charge in [-0.05, 0) is 12.3 Å². The number of esters is 1. The summed E-state index contributed by atoms with van der Waals surface area (Å²) in [6.45, 7) is 0. The molecule has 1 N–H and O–H groups in total. The van der Waals surface area contributed by atoms with Gasteiger partial charge in [-0.2, -0.15) is 0 Å². The van der Waals surface area contributed by atoms with Crippen molar-refractivity contribution in [2.24, 2.45) is 0 Å². The van der Waals surface area contributed by atoms with Gasteiger partial charge < -0.3 is 15.2 Å². The number of ether oxygens (including phenoxy) is 1. The molecule has 1 aliphatic rings. The third kappa shape index (κ3) is 3.70. The van der Waals surface area contributed by atoms with E-state index in [0.29, 0.717) is 6.42 Å². The van der Waals surface area contributed by atoms with E-state index in [1.807, 2.05) is 0 Å². The second-order valence-electron chi connectivity index (χ2n) is 1.90. The first-order valence-electron chi connectivity index (χ1n) is 2.70. The maximum Gasteiger partial charge on any atom is 0.287 e. The Morgan fingerprint density at radius 2 is 2.09 bits per heavy atom. The van der Waals surface area contributed by atoms with Crippen LogP contribution >= 0.6 is 0 Å². The summed E-state index contributed by atoms with van der Waals surface area (Å²) in [6, 6.07) is -0.412. The Balaban J connectivity index is 0. The zero-order chi connectivity index (χ0) is 6.85. The van der Waals surface area contributed by atoms with Crippen LogP contribution in [0, 0.1) is 0 Å². The van der Waals surface area contributed by atoms with Crippen molar-refractivity contribution in [3.8, 4) is 0 Å². The number of aliphatic hydroxyl groups excluding tert-OH is 1. The van der Waals surface area contributed by atoms with E-state index >= 15 is 0 Å². The smallest absolute Gasteiger partial charge is 0.287 e. The summed E-state index contributed by atoms with van der Waals surface area (Å²) >= 11 is 0. The van der Waals surface area contributed by atoms with Crippen molar-refractivity contribution >= 4 is 5.97 Å². The van der Waals surface area contributed by atoms with E-state index in [1.165, 1.54) is 7.11 Å². The molecule has 2 radical (unpaired) electrons. The second-order valence-corrected chi connectivity index (χ2v) is 1.90. The van der Waals surface area contributed by atoms with Crippen LogP contribution in [0.1, 0.15) is 6.42 Å². The minimum absolute atomic E-state index is 0. The summed E-state index contributed by atoms with van der Waals surface area (Å²) in [7, 11) is 1.31. The minimum atomic E-state index is -0.644. The Bertz CT molecular complexity index is 127. The van der Waals surface area contributed by atoms with Gasteiger partial charge in [-0.3, -0.25) is 4.79 Å². The number of carbonyl (C=O) groups excluding carboxylic acids is 1. The molecule has 1 unspecified atom stereocenters. The van der Waals surface area contributed by atoms with Crippen molar-refractivity contribution in [2.45, 2.75) is 18.7 Å². The molecule has 1 heterocycles. The van der Waals surface area contributed by atoms with Gasteiger partial charge in [0.05, 0.1) is 7.11 Å². The van der Waals surface area contributed by atoms with Gasteiger partial charge in [0, 0.05) is 39.0 Å². The summed E-state index contributed by atoms with van der Waals surface area (Å²) in [5.74, 6) is -0.361. The monoisotopic (exact) mass is 336 g/mol. The molecule has 0 bridgehead atoms. The fraction of sp³-hybridized carbons (Fsp3) is 0.800. The number of hydrogen-bond acceptors (Lipinski definition) is 3. The average molecular weight is 336 g/mol. The minimum Gasteiger partial charge on any atom is -0.625 e. The Kier molecular flexibility index (Phi) is 7.97. The van der Waals surface area contributed by atoms with Crippen LogP contribution in [0.4, 0.5) is 0 Å². The van der Waals surface area contributed by atoms with Crippen molar-refractivity contribution < 1.29 is 53.6 Å². The summed E-state index contributed by atoms with van der Waals surface area (Å²) < 4.78 is 4.36. The molecule has 1 saturated heterocycles. The molecule has 1 fully saturated rings. The molecule has 4 nitrogen and oxygen atoms in total. The van der Waals surface area contributed by atoms with Crippen LogP contribution in [0.5, 0.6) is 0 Å². The molecule has 0 aromatic heterocycles. The van der Waals surface area contributed by atoms with E-state index in [2.05, 4.69) is 10.1 Å². The van der Waals surface area contributed by atoms with E-state index in [0.717, 1.165) is 0 Å². The van der Waals surface area contributed by atoms with Crippen LogP contribution in [0.3, 0.4) is 0 Å². The fourth-order valence-electron chi connectivity index (χ4n) is 0.684. The van der Waals surface area contributed by atoms with Gasteiger partial charge in [-0.1, -0.05) is 6.42 Å². The first kappa shape index (κ1) is 14.2. The Morgan fingerprint density at radius 1 is 1.64 bits per heavy atom. The second kappa shape index (κ2) is 6.19. The standard InChI is InChI=1S/C5H8NO3.2Rh/c1-9-5(8)3-2-4(7)6-3;;/h3-4,7H,2H2,1H3;;/q-1;;/t3-,4?;;/m0../s1. The quantitative estimate of drug-likeness (QED) is 0.525. The number of hydrogen-bond donors (Lipinski definition) is 1. The predicted molar refractivity (Wildman–Crippen MR) is 29.8 cm³/mol. The molecule has 0 aromatic rings. The maximum atomic E-state index is 10.5. The first-order chi connectivity index (χ1) is 4.24. The largest absolute Gasteiger partial charge is 0.625 e. The van der Waals surface area contributed by atoms with E-state index in [-0.39, 0.29) is 44.9 Å². The molecule has 0 spiro atoms. The molecule has 11 heavy (non-hydrogen) atoms. The van der Waals surface area contributed by atoms with Crippen LogP contribution in [-0.4, -0.2) is 30.5 Å². The molecule has 0 amide bonds.